The number of thiocarbonyl (C=S) groups is 1. The molecule has 36 heavy (non-hydrogen) atoms. The van der Waals surface area contributed by atoms with Gasteiger partial charge in [-0.15, -0.1) is 0 Å². The number of hydrogen-bond donors (Lipinski definition) is 2. The zero-order chi connectivity index (χ0) is 25.5. The Labute approximate surface area is 220 Å². The highest BCUT2D eigenvalue weighted by Crippen LogP contribution is 2.33. The molecule has 1 saturated heterocycles. The molecule has 3 heterocycles. The Kier molecular flexibility index (Phi) is 8.90. The second-order valence-electron chi connectivity index (χ2n) is 8.66. The molecule has 0 spiro atoms. The number of hydrogen-bond acceptors (Lipinski definition) is 7. The molecule has 1 aliphatic heterocycles. The van der Waals surface area contributed by atoms with Crippen LogP contribution in [0.5, 0.6) is 0 Å². The van der Waals surface area contributed by atoms with Gasteiger partial charge in [0.05, 0.1) is 16.6 Å². The van der Waals surface area contributed by atoms with Gasteiger partial charge in [-0.1, -0.05) is 93.0 Å². The topological polar surface area (TPSA) is 86.9 Å². The first-order valence-electron chi connectivity index (χ1n) is 12.2. The minimum Gasteiger partial charge on any atom is -0.387 e. The molecule has 2 N–H and O–H groups in total. The van der Waals surface area contributed by atoms with Crippen LogP contribution in [0.2, 0.25) is 0 Å². The van der Waals surface area contributed by atoms with Crippen molar-refractivity contribution in [2.45, 2.75) is 45.1 Å². The standard InChI is InChI=1S/C27H30N4O3S2/c1-2-3-4-5-10-16-31-26(34)22(36-27(31)35)17-20-24(28-18-21(32)19-12-7-6-8-13-19)29-23-14-9-11-15-30(23)25(20)33/h6-9,11-15,17,21,28,32H,2-5,10,16,18H2,1H3/b22-17-. The molecule has 0 radical (unpaired) electrons. The van der Waals surface area contributed by atoms with Crippen molar-refractivity contribution in [3.63, 3.8) is 0 Å². The summed E-state index contributed by atoms with van der Waals surface area (Å²) in [5, 5.41) is 13.7. The molecule has 0 aliphatic carbocycles. The Morgan fingerprint density at radius 3 is 2.61 bits per heavy atom. The first kappa shape index (κ1) is 26.1. The Balaban J connectivity index is 1.60. The lowest BCUT2D eigenvalue weighted by Gasteiger charge is -2.15. The van der Waals surface area contributed by atoms with E-state index in [-0.39, 0.29) is 23.6 Å². The Morgan fingerprint density at radius 1 is 1.08 bits per heavy atom. The van der Waals surface area contributed by atoms with Crippen molar-refractivity contribution in [1.29, 1.82) is 0 Å². The van der Waals surface area contributed by atoms with E-state index in [1.807, 2.05) is 30.3 Å². The second-order valence-corrected chi connectivity index (χ2v) is 10.3. The highest BCUT2D eigenvalue weighted by atomic mass is 32.2. The van der Waals surface area contributed by atoms with Crippen LogP contribution in [0, 0.1) is 0 Å². The number of aliphatic hydroxyl groups is 1. The van der Waals surface area contributed by atoms with Crippen LogP contribution in [0.1, 0.15) is 56.3 Å². The minimum absolute atomic E-state index is 0.152. The van der Waals surface area contributed by atoms with Gasteiger partial charge in [-0.3, -0.25) is 18.9 Å². The quantitative estimate of drug-likeness (QED) is 0.208. The SMILES string of the molecule is CCCCCCCN1C(=O)/C(=C/c2c(NCC(O)c3ccccc3)nc3ccccn3c2=O)SC1=S. The molecule has 1 atom stereocenters. The first-order valence-corrected chi connectivity index (χ1v) is 13.5. The Hall–Kier alpha value is -3.01. The summed E-state index contributed by atoms with van der Waals surface area (Å²) in [6.07, 6.45) is 7.87. The van der Waals surface area contributed by atoms with Gasteiger partial charge in [-0.2, -0.15) is 0 Å². The third-order valence-corrected chi connectivity index (χ3v) is 7.43. The third kappa shape index (κ3) is 6.03. The zero-order valence-corrected chi connectivity index (χ0v) is 21.9. The number of aromatic nitrogens is 2. The van der Waals surface area contributed by atoms with E-state index in [0.717, 1.165) is 31.2 Å². The van der Waals surface area contributed by atoms with Gasteiger partial charge >= 0.3 is 0 Å². The molecular formula is C27H30N4O3S2. The van der Waals surface area contributed by atoms with Crippen LogP contribution in [-0.2, 0) is 4.79 Å². The van der Waals surface area contributed by atoms with Gasteiger partial charge in [0.15, 0.2) is 0 Å². The molecule has 3 aromatic rings. The fourth-order valence-corrected chi connectivity index (χ4v) is 5.34. The number of benzene rings is 1. The number of amides is 1. The molecule has 2 aromatic heterocycles. The van der Waals surface area contributed by atoms with E-state index < -0.39 is 6.10 Å². The lowest BCUT2D eigenvalue weighted by molar-refractivity contribution is -0.122. The zero-order valence-electron chi connectivity index (χ0n) is 20.2. The molecule has 1 amide bonds. The number of anilines is 1. The number of carbonyl (C=O) groups excluding carboxylic acids is 1. The van der Waals surface area contributed by atoms with Crippen LogP contribution in [-0.4, -0.2) is 42.7 Å². The van der Waals surface area contributed by atoms with Crippen LogP contribution in [0.4, 0.5) is 5.82 Å². The molecule has 1 fully saturated rings. The summed E-state index contributed by atoms with van der Waals surface area (Å²) >= 11 is 6.68. The van der Waals surface area contributed by atoms with Gasteiger partial charge in [0.2, 0.25) is 0 Å². The fourth-order valence-electron chi connectivity index (χ4n) is 4.05. The summed E-state index contributed by atoms with van der Waals surface area (Å²) in [7, 11) is 0. The smallest absolute Gasteiger partial charge is 0.267 e. The Bertz CT molecular complexity index is 1320. The highest BCUT2D eigenvalue weighted by Gasteiger charge is 2.32. The molecule has 0 bridgehead atoms. The van der Waals surface area contributed by atoms with E-state index in [9.17, 15) is 14.7 Å². The summed E-state index contributed by atoms with van der Waals surface area (Å²) < 4.78 is 1.95. The monoisotopic (exact) mass is 522 g/mol. The van der Waals surface area contributed by atoms with Gasteiger partial charge < -0.3 is 10.4 Å². The molecule has 1 aliphatic rings. The van der Waals surface area contributed by atoms with Crippen molar-refractivity contribution >= 4 is 51.7 Å². The molecule has 188 valence electrons. The lowest BCUT2D eigenvalue weighted by atomic mass is 10.1. The highest BCUT2D eigenvalue weighted by molar-refractivity contribution is 8.26. The summed E-state index contributed by atoms with van der Waals surface area (Å²) in [4.78, 5) is 33.2. The summed E-state index contributed by atoms with van der Waals surface area (Å²) in [6, 6.07) is 14.6. The van der Waals surface area contributed by atoms with Crippen molar-refractivity contribution in [2.24, 2.45) is 0 Å². The average molecular weight is 523 g/mol. The second kappa shape index (κ2) is 12.3. The van der Waals surface area contributed by atoms with Gasteiger partial charge in [-0.25, -0.2) is 4.98 Å². The molecule has 1 aromatic carbocycles. The number of rotatable bonds is 11. The van der Waals surface area contributed by atoms with Gasteiger partial charge in [0.25, 0.3) is 11.5 Å². The Morgan fingerprint density at radius 2 is 1.83 bits per heavy atom. The van der Waals surface area contributed by atoms with Gasteiger partial charge in [0, 0.05) is 19.3 Å². The first-order chi connectivity index (χ1) is 17.5. The van der Waals surface area contributed by atoms with Gasteiger partial charge in [0.1, 0.15) is 15.8 Å². The molecule has 9 heteroatoms. The van der Waals surface area contributed by atoms with E-state index in [4.69, 9.17) is 12.2 Å². The van der Waals surface area contributed by atoms with Crippen molar-refractivity contribution in [3.05, 3.63) is 81.1 Å². The van der Waals surface area contributed by atoms with Crippen LogP contribution in [0.3, 0.4) is 0 Å². The molecule has 1 unspecified atom stereocenters. The van der Waals surface area contributed by atoms with E-state index in [2.05, 4.69) is 17.2 Å². The van der Waals surface area contributed by atoms with Crippen LogP contribution < -0.4 is 10.9 Å². The fraction of sp³-hybridized carbons (Fsp3) is 0.333. The number of nitrogens with one attached hydrogen (secondary N) is 1. The lowest BCUT2D eigenvalue weighted by Crippen LogP contribution is -2.29. The third-order valence-electron chi connectivity index (χ3n) is 6.05. The number of nitrogens with zero attached hydrogens (tertiary/aromatic N) is 3. The van der Waals surface area contributed by atoms with Crippen LogP contribution in [0.15, 0.2) is 64.4 Å². The molecule has 0 saturated carbocycles. The van der Waals surface area contributed by atoms with Gasteiger partial charge in [-0.05, 0) is 30.2 Å². The maximum Gasteiger partial charge on any atom is 0.267 e. The van der Waals surface area contributed by atoms with Crippen molar-refractivity contribution in [3.8, 4) is 0 Å². The van der Waals surface area contributed by atoms with E-state index in [0.29, 0.717) is 27.2 Å². The average Bonchev–Trinajstić information content (AvgIpc) is 3.16. The number of aliphatic hydroxyl groups excluding tert-OH is 1. The van der Waals surface area contributed by atoms with E-state index in [1.54, 1.807) is 35.4 Å². The van der Waals surface area contributed by atoms with E-state index in [1.165, 1.54) is 22.6 Å². The number of thioether (sulfide) groups is 1. The maximum absolute atomic E-state index is 13.4. The minimum atomic E-state index is -0.791. The number of unbranched alkanes of at least 4 members (excludes halogenated alkanes) is 4. The maximum atomic E-state index is 13.4. The predicted octanol–water partition coefficient (Wildman–Crippen LogP) is 5.01. The summed E-state index contributed by atoms with van der Waals surface area (Å²) in [6.45, 7) is 2.90. The van der Waals surface area contributed by atoms with E-state index >= 15 is 0 Å². The predicted molar refractivity (Wildman–Crippen MR) is 150 cm³/mol. The van der Waals surface area contributed by atoms with Crippen molar-refractivity contribution < 1.29 is 9.90 Å². The summed E-state index contributed by atoms with van der Waals surface area (Å²) in [5.74, 6) is 0.124. The normalized spacial score (nSPS) is 15.7. The summed E-state index contributed by atoms with van der Waals surface area (Å²) in [5.41, 5.74) is 1.17. The number of pyridine rings is 1. The molecule has 4 rings (SSSR count). The number of fused-ring (bicyclic) bond motifs is 1. The largest absolute Gasteiger partial charge is 0.387 e. The van der Waals surface area contributed by atoms with Crippen molar-refractivity contribution in [2.75, 3.05) is 18.4 Å². The number of carbonyl (C=O) groups is 1. The van der Waals surface area contributed by atoms with Crippen LogP contribution in [0.25, 0.3) is 11.7 Å². The van der Waals surface area contributed by atoms with Crippen LogP contribution >= 0.6 is 24.0 Å². The molecular weight excluding hydrogens is 492 g/mol. The molecule has 7 nitrogen and oxygen atoms in total. The van der Waals surface area contributed by atoms with Crippen molar-refractivity contribution in [1.82, 2.24) is 14.3 Å².